The molecule has 0 saturated heterocycles. The first-order chi connectivity index (χ1) is 29.0. The average molecular weight is 906 g/mol. The topological polar surface area (TPSA) is 479 Å². The van der Waals surface area contributed by atoms with E-state index in [1.807, 2.05) is 0 Å². The van der Waals surface area contributed by atoms with Gasteiger partial charge in [-0.2, -0.15) is 11.8 Å². The quantitative estimate of drug-likeness (QED) is 0.0170. The lowest BCUT2D eigenvalue weighted by Crippen LogP contribution is -2.60. The Kier molecular flexibility index (Phi) is 26.6. The van der Waals surface area contributed by atoms with Crippen molar-refractivity contribution in [3.05, 3.63) is 0 Å². The standard InChI is InChI=1S/C34H59N13O14S/c1-16(32(60)61)42-27(55)18(5-3-12-40-33(36)37)44-28(56)19(6-4-13-41-34(38)39)45-30(58)21(8-10-24(50)51)46-31(59)22(11-14-62-2)47-29(57)20(7-9-23(48)49)43-26(54)17(35)15-25(52)53/h16-22H,3-15,35H2,1-2H3,(H,42,55)(H,43,54)(H,44,56)(H,45,58)(H,46,59)(H,47,57)(H,48,49)(H,50,51)(H,52,53)(H,60,61)(H4,36,37,40)(H4,38,39,41)/t16-,17-,18-,19-,20-,21-,22-/m0/s1. The zero-order chi connectivity index (χ0) is 47.5. The summed E-state index contributed by atoms with van der Waals surface area (Å²) in [6, 6.07) is -10.6. The molecule has 0 aliphatic rings. The van der Waals surface area contributed by atoms with Crippen LogP contribution in [-0.2, 0) is 47.9 Å². The van der Waals surface area contributed by atoms with Gasteiger partial charge in [0.15, 0.2) is 11.9 Å². The van der Waals surface area contributed by atoms with Gasteiger partial charge in [0.25, 0.3) is 0 Å². The minimum atomic E-state index is -1.67. The highest BCUT2D eigenvalue weighted by atomic mass is 32.2. The number of aliphatic imine (C=N–C) groups is 2. The third-order valence-electron chi connectivity index (χ3n) is 8.42. The van der Waals surface area contributed by atoms with E-state index in [0.717, 1.165) is 0 Å². The van der Waals surface area contributed by atoms with Gasteiger partial charge in [-0.1, -0.05) is 0 Å². The van der Waals surface area contributed by atoms with Gasteiger partial charge in [0, 0.05) is 25.9 Å². The van der Waals surface area contributed by atoms with Crippen LogP contribution in [0, 0.1) is 0 Å². The maximum Gasteiger partial charge on any atom is 0.325 e. The molecule has 0 aliphatic carbocycles. The molecular formula is C34H59N13O14S. The van der Waals surface area contributed by atoms with Gasteiger partial charge < -0.3 is 81.0 Å². The van der Waals surface area contributed by atoms with E-state index in [0.29, 0.717) is 0 Å². The fraction of sp³-hybridized carbons (Fsp3) is 0.647. The number of rotatable bonds is 32. The van der Waals surface area contributed by atoms with Crippen LogP contribution in [0.5, 0.6) is 0 Å². The minimum Gasteiger partial charge on any atom is -0.481 e. The number of hydrogen-bond acceptors (Lipinski definition) is 14. The Bertz CT molecular complexity index is 1640. The summed E-state index contributed by atoms with van der Waals surface area (Å²) in [6.45, 7) is 1.18. The second kappa shape index (κ2) is 29.7. The minimum absolute atomic E-state index is 0.0249. The third-order valence-corrected chi connectivity index (χ3v) is 9.06. The third kappa shape index (κ3) is 24.6. The predicted molar refractivity (Wildman–Crippen MR) is 222 cm³/mol. The average Bonchev–Trinajstić information content (AvgIpc) is 3.17. The number of amides is 6. The van der Waals surface area contributed by atoms with Crippen molar-refractivity contribution >= 4 is 83.0 Å². The highest BCUT2D eigenvalue weighted by Crippen LogP contribution is 2.09. The van der Waals surface area contributed by atoms with E-state index < -0.39 is 134 Å². The predicted octanol–water partition coefficient (Wildman–Crippen LogP) is -5.61. The van der Waals surface area contributed by atoms with Crippen molar-refractivity contribution in [2.24, 2.45) is 38.7 Å². The molecular weight excluding hydrogens is 847 g/mol. The highest BCUT2D eigenvalue weighted by molar-refractivity contribution is 7.98. The Labute approximate surface area is 359 Å². The van der Waals surface area contributed by atoms with E-state index in [2.05, 4.69) is 41.9 Å². The van der Waals surface area contributed by atoms with Crippen LogP contribution >= 0.6 is 11.8 Å². The molecule has 0 fully saturated rings. The van der Waals surface area contributed by atoms with Crippen LogP contribution in [0.15, 0.2) is 9.98 Å². The molecule has 28 heteroatoms. The number of nitrogens with zero attached hydrogens (tertiary/aromatic N) is 2. The van der Waals surface area contributed by atoms with E-state index >= 15 is 0 Å². The van der Waals surface area contributed by atoms with Crippen molar-refractivity contribution in [3.63, 3.8) is 0 Å². The summed E-state index contributed by atoms with van der Waals surface area (Å²) >= 11 is 1.25. The number of thioether (sulfide) groups is 1. The second-order valence-corrected chi connectivity index (χ2v) is 14.6. The molecule has 62 heavy (non-hydrogen) atoms. The van der Waals surface area contributed by atoms with Gasteiger partial charge in [-0.25, -0.2) is 0 Å². The Morgan fingerprint density at radius 3 is 1.18 bits per heavy atom. The normalized spacial score (nSPS) is 14.0. The number of carboxylic acids is 4. The summed E-state index contributed by atoms with van der Waals surface area (Å²) in [5.41, 5.74) is 27.1. The fourth-order valence-electron chi connectivity index (χ4n) is 5.15. The largest absolute Gasteiger partial charge is 0.481 e. The van der Waals surface area contributed by atoms with Gasteiger partial charge in [0.05, 0.1) is 12.5 Å². The molecule has 0 aromatic carbocycles. The molecule has 7 atom stereocenters. The molecule has 0 spiro atoms. The lowest BCUT2D eigenvalue weighted by atomic mass is 10.0. The summed E-state index contributed by atoms with van der Waals surface area (Å²) in [5.74, 6) is -12.0. The lowest BCUT2D eigenvalue weighted by molar-refractivity contribution is -0.142. The number of carbonyl (C=O) groups is 10. The van der Waals surface area contributed by atoms with Crippen molar-refractivity contribution in [2.75, 3.05) is 25.1 Å². The van der Waals surface area contributed by atoms with Gasteiger partial charge in [0.1, 0.15) is 36.3 Å². The van der Waals surface area contributed by atoms with Gasteiger partial charge in [-0.15, -0.1) is 0 Å². The van der Waals surface area contributed by atoms with Crippen molar-refractivity contribution in [3.8, 4) is 0 Å². The summed E-state index contributed by atoms with van der Waals surface area (Å²) in [5, 5.41) is 51.0. The fourth-order valence-corrected chi connectivity index (χ4v) is 5.62. The molecule has 27 nitrogen and oxygen atoms in total. The van der Waals surface area contributed by atoms with Crippen LogP contribution in [0.3, 0.4) is 0 Å². The van der Waals surface area contributed by atoms with Crippen LogP contribution in [0.4, 0.5) is 0 Å². The molecule has 0 aromatic heterocycles. The number of carboxylic acid groups (broad SMARTS) is 4. The van der Waals surface area contributed by atoms with Crippen molar-refractivity contribution in [1.29, 1.82) is 0 Å². The van der Waals surface area contributed by atoms with Crippen LogP contribution in [0.25, 0.3) is 0 Å². The van der Waals surface area contributed by atoms with E-state index in [9.17, 15) is 63.3 Å². The first-order valence-corrected chi connectivity index (χ1v) is 20.4. The number of carbonyl (C=O) groups excluding carboxylic acids is 6. The molecule has 0 unspecified atom stereocenters. The zero-order valence-electron chi connectivity index (χ0n) is 34.3. The number of hydrogen-bond donors (Lipinski definition) is 15. The van der Waals surface area contributed by atoms with E-state index in [1.54, 1.807) is 6.26 Å². The Balaban J connectivity index is 6.64. The maximum absolute atomic E-state index is 13.8. The number of guanidine groups is 2. The van der Waals surface area contributed by atoms with Gasteiger partial charge >= 0.3 is 23.9 Å². The second-order valence-electron chi connectivity index (χ2n) is 13.6. The Hall–Kier alpha value is -6.45. The van der Waals surface area contributed by atoms with Crippen molar-refractivity contribution < 1.29 is 68.4 Å². The lowest BCUT2D eigenvalue weighted by Gasteiger charge is -2.27. The summed E-state index contributed by atoms with van der Waals surface area (Å²) in [7, 11) is 0. The monoisotopic (exact) mass is 905 g/mol. The van der Waals surface area contributed by atoms with Gasteiger partial charge in [-0.3, -0.25) is 57.9 Å². The number of aliphatic carboxylic acids is 4. The Morgan fingerprint density at radius 1 is 0.516 bits per heavy atom. The Morgan fingerprint density at radius 2 is 0.855 bits per heavy atom. The van der Waals surface area contributed by atoms with Gasteiger partial charge in [-0.05, 0) is 63.9 Å². The van der Waals surface area contributed by atoms with Gasteiger partial charge in [0.2, 0.25) is 35.4 Å². The molecule has 0 saturated carbocycles. The molecule has 6 amide bonds. The molecule has 0 heterocycles. The number of nitrogens with two attached hydrogens (primary N) is 5. The molecule has 350 valence electrons. The van der Waals surface area contributed by atoms with Crippen LogP contribution in [0.2, 0.25) is 0 Å². The first-order valence-electron chi connectivity index (χ1n) is 19.0. The SMILES string of the molecule is CSCC[C@H](NC(=O)[C@H](CCC(=O)O)NC(=O)[C@@H](N)CC(=O)O)C(=O)N[C@@H](CCC(=O)O)C(=O)N[C@@H](CCCN=C(N)N)C(=O)N[C@@H](CCCN=C(N)N)C(=O)N[C@@H](C)C(=O)O. The molecule has 0 aliphatic heterocycles. The smallest absolute Gasteiger partial charge is 0.325 e. The van der Waals surface area contributed by atoms with E-state index in [-0.39, 0.29) is 62.9 Å². The van der Waals surface area contributed by atoms with E-state index in [4.69, 9.17) is 33.8 Å². The molecule has 0 aromatic rings. The van der Waals surface area contributed by atoms with Crippen molar-refractivity contribution in [2.45, 2.75) is 113 Å². The van der Waals surface area contributed by atoms with Crippen LogP contribution < -0.4 is 60.6 Å². The summed E-state index contributed by atoms with van der Waals surface area (Å²) < 4.78 is 0. The maximum atomic E-state index is 13.8. The van der Waals surface area contributed by atoms with E-state index in [1.165, 1.54) is 18.7 Å². The number of nitrogens with one attached hydrogen (secondary N) is 6. The van der Waals surface area contributed by atoms with Crippen LogP contribution in [-0.4, -0.2) is 159 Å². The highest BCUT2D eigenvalue weighted by Gasteiger charge is 2.34. The molecule has 0 radical (unpaired) electrons. The first kappa shape index (κ1) is 55.5. The van der Waals surface area contributed by atoms with Crippen molar-refractivity contribution in [1.82, 2.24) is 31.9 Å². The summed E-state index contributed by atoms with van der Waals surface area (Å²) in [6.07, 6.45) is -1.73. The molecule has 0 rings (SSSR count). The zero-order valence-corrected chi connectivity index (χ0v) is 35.1. The molecule has 0 bridgehead atoms. The van der Waals surface area contributed by atoms with Crippen LogP contribution in [0.1, 0.15) is 71.1 Å². The summed E-state index contributed by atoms with van der Waals surface area (Å²) in [4.78, 5) is 133. The molecule has 20 N–H and O–H groups in total.